The van der Waals surface area contributed by atoms with Gasteiger partial charge in [-0.3, -0.25) is 4.79 Å². The summed E-state index contributed by atoms with van der Waals surface area (Å²) in [6.07, 6.45) is 0.897. The highest BCUT2D eigenvalue weighted by atomic mass is 32.1. The standard InChI is InChI=1S/C20H23NO6S/c1-10-7-15(26-18(10)23)25-9-13-12-8-14-11(5-6-28-14)16(12)21(17(13)22)19(24)27-20(2,3)4/h5-7,12-13,15-16H,8-9H2,1-4H3/t12-,13?,15+,16-/m1/s1. The molecule has 1 fully saturated rings. The lowest BCUT2D eigenvalue weighted by Crippen LogP contribution is -2.40. The van der Waals surface area contributed by atoms with Gasteiger partial charge >= 0.3 is 12.1 Å². The van der Waals surface area contributed by atoms with Gasteiger partial charge in [0.05, 0.1) is 18.6 Å². The highest BCUT2D eigenvalue weighted by molar-refractivity contribution is 7.10. The van der Waals surface area contributed by atoms with Gasteiger partial charge in [-0.2, -0.15) is 0 Å². The summed E-state index contributed by atoms with van der Waals surface area (Å²) in [5.41, 5.74) is 0.802. The number of rotatable bonds is 3. The van der Waals surface area contributed by atoms with E-state index in [2.05, 4.69) is 0 Å². The zero-order chi connectivity index (χ0) is 20.2. The number of hydrogen-bond donors (Lipinski definition) is 0. The number of amides is 2. The Hall–Kier alpha value is -2.19. The van der Waals surface area contributed by atoms with Gasteiger partial charge in [-0.25, -0.2) is 14.5 Å². The first-order chi connectivity index (χ1) is 13.2. The van der Waals surface area contributed by atoms with E-state index in [1.54, 1.807) is 45.1 Å². The third-order valence-corrected chi connectivity index (χ3v) is 6.20. The van der Waals surface area contributed by atoms with E-state index in [0.717, 1.165) is 12.0 Å². The van der Waals surface area contributed by atoms with Crippen LogP contribution in [0.15, 0.2) is 23.1 Å². The van der Waals surface area contributed by atoms with E-state index in [-0.39, 0.29) is 24.5 Å². The Balaban J connectivity index is 1.55. The number of likely N-dealkylation sites (tertiary alicyclic amines) is 1. The van der Waals surface area contributed by atoms with Crippen LogP contribution in [-0.2, 0) is 30.2 Å². The van der Waals surface area contributed by atoms with Crippen LogP contribution < -0.4 is 0 Å². The molecule has 1 saturated heterocycles. The summed E-state index contributed by atoms with van der Waals surface area (Å²) in [6.45, 7) is 7.06. The zero-order valence-corrected chi connectivity index (χ0v) is 17.1. The van der Waals surface area contributed by atoms with Crippen LogP contribution >= 0.6 is 11.3 Å². The molecule has 150 valence electrons. The molecule has 0 radical (unpaired) electrons. The molecular formula is C20H23NO6S. The van der Waals surface area contributed by atoms with Crippen molar-refractivity contribution in [2.75, 3.05) is 6.61 Å². The summed E-state index contributed by atoms with van der Waals surface area (Å²) in [5, 5.41) is 1.98. The van der Waals surface area contributed by atoms with Gasteiger partial charge < -0.3 is 14.2 Å². The lowest BCUT2D eigenvalue weighted by molar-refractivity contribution is -0.161. The molecule has 0 aromatic carbocycles. The molecule has 4 atom stereocenters. The van der Waals surface area contributed by atoms with Gasteiger partial charge in [-0.15, -0.1) is 11.3 Å². The molecular weight excluding hydrogens is 382 g/mol. The van der Waals surface area contributed by atoms with E-state index in [1.807, 2.05) is 11.4 Å². The summed E-state index contributed by atoms with van der Waals surface area (Å²) >= 11 is 1.63. The lowest BCUT2D eigenvalue weighted by atomic mass is 9.91. The van der Waals surface area contributed by atoms with Crippen LogP contribution in [0.3, 0.4) is 0 Å². The Labute approximate surface area is 167 Å². The largest absolute Gasteiger partial charge is 0.443 e. The molecule has 1 aromatic heterocycles. The van der Waals surface area contributed by atoms with Crippen molar-refractivity contribution in [1.82, 2.24) is 4.90 Å². The maximum atomic E-state index is 13.1. The highest BCUT2D eigenvalue weighted by Crippen LogP contribution is 2.51. The minimum atomic E-state index is -0.787. The third kappa shape index (κ3) is 3.24. The quantitative estimate of drug-likeness (QED) is 0.719. The van der Waals surface area contributed by atoms with Gasteiger partial charge in [0.1, 0.15) is 5.60 Å². The van der Waals surface area contributed by atoms with Gasteiger partial charge in [0.25, 0.3) is 0 Å². The number of ether oxygens (including phenoxy) is 3. The summed E-state index contributed by atoms with van der Waals surface area (Å²) < 4.78 is 16.3. The molecule has 0 N–H and O–H groups in total. The van der Waals surface area contributed by atoms with Gasteiger partial charge in [0.2, 0.25) is 12.2 Å². The normalized spacial score (nSPS) is 28.9. The Morgan fingerprint density at radius 3 is 2.75 bits per heavy atom. The molecule has 4 rings (SSSR count). The van der Waals surface area contributed by atoms with Crippen LogP contribution in [0, 0.1) is 11.8 Å². The van der Waals surface area contributed by atoms with Crippen molar-refractivity contribution < 1.29 is 28.6 Å². The average Bonchev–Trinajstić information content (AvgIpc) is 3.28. The SMILES string of the molecule is CC1=C[C@@H](OCC2C(=O)N(C(=O)OC(C)(C)C)[C@@H]3c4ccsc4C[C@H]23)OC1=O. The molecule has 1 aliphatic carbocycles. The molecule has 1 unspecified atom stereocenters. The predicted molar refractivity (Wildman–Crippen MR) is 100 cm³/mol. The highest BCUT2D eigenvalue weighted by Gasteiger charge is 2.56. The molecule has 0 bridgehead atoms. The van der Waals surface area contributed by atoms with Crippen molar-refractivity contribution in [3.63, 3.8) is 0 Å². The smallest absolute Gasteiger partial charge is 0.417 e. The fraction of sp³-hybridized carbons (Fsp3) is 0.550. The average molecular weight is 405 g/mol. The van der Waals surface area contributed by atoms with Crippen LogP contribution in [0.25, 0.3) is 0 Å². The minimum Gasteiger partial charge on any atom is -0.443 e. The van der Waals surface area contributed by atoms with E-state index >= 15 is 0 Å². The Morgan fingerprint density at radius 2 is 2.11 bits per heavy atom. The number of carbonyl (C=O) groups excluding carboxylic acids is 3. The molecule has 28 heavy (non-hydrogen) atoms. The first kappa shape index (κ1) is 19.1. The maximum Gasteiger partial charge on any atom is 0.417 e. The Bertz CT molecular complexity index is 866. The minimum absolute atomic E-state index is 0.0651. The van der Waals surface area contributed by atoms with Crippen molar-refractivity contribution in [3.8, 4) is 0 Å². The fourth-order valence-corrected chi connectivity index (χ4v) is 5.02. The zero-order valence-electron chi connectivity index (χ0n) is 16.3. The third-order valence-electron chi connectivity index (χ3n) is 5.24. The summed E-state index contributed by atoms with van der Waals surface area (Å²) in [7, 11) is 0. The molecule has 8 heteroatoms. The molecule has 2 amide bonds. The second kappa shape index (κ2) is 6.70. The predicted octanol–water partition coefficient (Wildman–Crippen LogP) is 3.20. The van der Waals surface area contributed by atoms with Crippen molar-refractivity contribution >= 4 is 29.3 Å². The first-order valence-electron chi connectivity index (χ1n) is 9.29. The fourth-order valence-electron chi connectivity index (χ4n) is 4.02. The number of nitrogens with zero attached hydrogens (tertiary/aromatic N) is 1. The lowest BCUT2D eigenvalue weighted by Gasteiger charge is -2.27. The molecule has 1 aromatic rings. The molecule has 0 saturated carbocycles. The van der Waals surface area contributed by atoms with Crippen LogP contribution in [-0.4, -0.2) is 41.4 Å². The van der Waals surface area contributed by atoms with Gasteiger partial charge in [0, 0.05) is 16.4 Å². The number of imide groups is 1. The van der Waals surface area contributed by atoms with E-state index in [4.69, 9.17) is 14.2 Å². The van der Waals surface area contributed by atoms with Gasteiger partial charge in [0.15, 0.2) is 0 Å². The number of thiophene rings is 1. The summed E-state index contributed by atoms with van der Waals surface area (Å²) in [4.78, 5) is 39.9. The maximum absolute atomic E-state index is 13.1. The molecule has 3 heterocycles. The number of fused-ring (bicyclic) bond motifs is 3. The monoisotopic (exact) mass is 405 g/mol. The van der Waals surface area contributed by atoms with E-state index in [1.165, 1.54) is 9.78 Å². The Morgan fingerprint density at radius 1 is 1.36 bits per heavy atom. The number of hydrogen-bond acceptors (Lipinski definition) is 7. The number of carbonyl (C=O) groups is 3. The van der Waals surface area contributed by atoms with Gasteiger partial charge in [-0.05, 0) is 57.2 Å². The van der Waals surface area contributed by atoms with Crippen molar-refractivity contribution in [2.24, 2.45) is 11.8 Å². The van der Waals surface area contributed by atoms with E-state index in [0.29, 0.717) is 5.57 Å². The van der Waals surface area contributed by atoms with Crippen LogP contribution in [0.1, 0.15) is 44.2 Å². The molecule has 0 spiro atoms. The number of cyclic esters (lactones) is 1. The molecule has 3 aliphatic rings. The van der Waals surface area contributed by atoms with Crippen LogP contribution in [0.4, 0.5) is 4.79 Å². The van der Waals surface area contributed by atoms with Crippen molar-refractivity contribution in [3.05, 3.63) is 33.5 Å². The molecule has 7 nitrogen and oxygen atoms in total. The number of esters is 1. The summed E-state index contributed by atoms with van der Waals surface area (Å²) in [6, 6.07) is 1.64. The second-order valence-electron chi connectivity index (χ2n) is 8.36. The van der Waals surface area contributed by atoms with Crippen LogP contribution in [0.2, 0.25) is 0 Å². The van der Waals surface area contributed by atoms with Crippen molar-refractivity contribution in [1.29, 1.82) is 0 Å². The first-order valence-corrected chi connectivity index (χ1v) is 10.2. The van der Waals surface area contributed by atoms with E-state index < -0.39 is 29.9 Å². The van der Waals surface area contributed by atoms with Crippen LogP contribution in [0.5, 0.6) is 0 Å². The van der Waals surface area contributed by atoms with Gasteiger partial charge in [-0.1, -0.05) is 0 Å². The topological polar surface area (TPSA) is 82.1 Å². The Kier molecular flexibility index (Phi) is 4.58. The second-order valence-corrected chi connectivity index (χ2v) is 9.36. The summed E-state index contributed by atoms with van der Waals surface area (Å²) in [5.74, 6) is -1.28. The molecule has 2 aliphatic heterocycles. The van der Waals surface area contributed by atoms with E-state index in [9.17, 15) is 14.4 Å². The van der Waals surface area contributed by atoms with Crippen molar-refractivity contribution in [2.45, 2.75) is 52.0 Å².